The predicted octanol–water partition coefficient (Wildman–Crippen LogP) is 4.58. The smallest absolute Gasteiger partial charge is 0.407 e. The van der Waals surface area contributed by atoms with Crippen molar-refractivity contribution in [1.29, 1.82) is 0 Å². The maximum atomic E-state index is 13.1. The molecular formula is C21H31Cl2N3O3. The maximum absolute atomic E-state index is 13.1. The molecule has 1 atom stereocenters. The van der Waals surface area contributed by atoms with Gasteiger partial charge in [0.05, 0.1) is 15.5 Å². The van der Waals surface area contributed by atoms with Crippen LogP contribution in [-0.2, 0) is 9.53 Å². The average molecular weight is 444 g/mol. The molecule has 1 aromatic carbocycles. The first-order valence-corrected chi connectivity index (χ1v) is 10.6. The Kier molecular flexibility index (Phi) is 7.33. The first-order valence-electron chi connectivity index (χ1n) is 9.80. The molecular weight excluding hydrogens is 413 g/mol. The number of amides is 2. The molecule has 0 aromatic heterocycles. The van der Waals surface area contributed by atoms with Gasteiger partial charge in [-0.05, 0) is 59.7 Å². The molecule has 2 amide bonds. The Labute approximate surface area is 183 Å². The van der Waals surface area contributed by atoms with Gasteiger partial charge in [-0.3, -0.25) is 4.79 Å². The van der Waals surface area contributed by atoms with Crippen LogP contribution in [-0.4, -0.2) is 54.7 Å². The van der Waals surface area contributed by atoms with Gasteiger partial charge in [0.1, 0.15) is 5.60 Å². The topological polar surface area (TPSA) is 61.9 Å². The molecule has 1 unspecified atom stereocenters. The van der Waals surface area contributed by atoms with Gasteiger partial charge in [0.25, 0.3) is 0 Å². The van der Waals surface area contributed by atoms with Crippen molar-refractivity contribution in [2.75, 3.05) is 31.1 Å². The molecule has 1 heterocycles. The van der Waals surface area contributed by atoms with Crippen molar-refractivity contribution in [2.24, 2.45) is 5.41 Å². The maximum Gasteiger partial charge on any atom is 0.407 e. The van der Waals surface area contributed by atoms with E-state index in [1.54, 1.807) is 26.8 Å². The largest absolute Gasteiger partial charge is 0.444 e. The van der Waals surface area contributed by atoms with E-state index >= 15 is 0 Å². The van der Waals surface area contributed by atoms with Crippen molar-refractivity contribution in [1.82, 2.24) is 10.2 Å². The van der Waals surface area contributed by atoms with E-state index in [0.717, 1.165) is 5.69 Å². The van der Waals surface area contributed by atoms with E-state index < -0.39 is 17.1 Å². The molecule has 1 N–H and O–H groups in total. The molecule has 1 saturated heterocycles. The van der Waals surface area contributed by atoms with Crippen molar-refractivity contribution in [2.45, 2.75) is 53.2 Å². The highest BCUT2D eigenvalue weighted by molar-refractivity contribution is 6.42. The van der Waals surface area contributed by atoms with E-state index in [-0.39, 0.29) is 11.9 Å². The molecule has 1 fully saturated rings. The second kappa shape index (κ2) is 9.00. The quantitative estimate of drug-likeness (QED) is 0.739. The number of carbonyl (C=O) groups is 2. The van der Waals surface area contributed by atoms with Crippen molar-refractivity contribution in [3.05, 3.63) is 28.2 Å². The Bertz CT molecular complexity index is 754. The van der Waals surface area contributed by atoms with Gasteiger partial charge < -0.3 is 19.9 Å². The Morgan fingerprint density at radius 2 is 1.62 bits per heavy atom. The molecule has 8 heteroatoms. The molecule has 0 saturated carbocycles. The second-order valence-electron chi connectivity index (χ2n) is 8.97. The SMILES string of the molecule is CC(NC(=O)OC(C)(C)C)C(C)(C)C(=O)N1CCN(c2ccc(Cl)c(Cl)c2)CC1. The molecule has 0 radical (unpaired) electrons. The summed E-state index contributed by atoms with van der Waals surface area (Å²) in [6.45, 7) is 13.5. The number of carbonyl (C=O) groups excluding carboxylic acids is 2. The molecule has 0 bridgehead atoms. The van der Waals surface area contributed by atoms with Gasteiger partial charge >= 0.3 is 6.09 Å². The van der Waals surface area contributed by atoms with Crippen molar-refractivity contribution in [3.8, 4) is 0 Å². The van der Waals surface area contributed by atoms with Gasteiger partial charge in [-0.25, -0.2) is 4.79 Å². The summed E-state index contributed by atoms with van der Waals surface area (Å²) < 4.78 is 5.31. The summed E-state index contributed by atoms with van der Waals surface area (Å²) in [7, 11) is 0. The first-order chi connectivity index (χ1) is 13.3. The summed E-state index contributed by atoms with van der Waals surface area (Å²) in [6.07, 6.45) is -0.518. The zero-order valence-corrected chi connectivity index (χ0v) is 19.5. The van der Waals surface area contributed by atoms with Gasteiger partial charge in [0.2, 0.25) is 5.91 Å². The van der Waals surface area contributed by atoms with Gasteiger partial charge in [0, 0.05) is 37.9 Å². The number of alkyl carbamates (subject to hydrolysis) is 1. The number of hydrogen-bond donors (Lipinski definition) is 1. The van der Waals surface area contributed by atoms with Crippen LogP contribution in [0.2, 0.25) is 10.0 Å². The number of nitrogens with zero attached hydrogens (tertiary/aromatic N) is 2. The summed E-state index contributed by atoms with van der Waals surface area (Å²) >= 11 is 12.1. The fourth-order valence-electron chi connectivity index (χ4n) is 3.11. The van der Waals surface area contributed by atoms with Gasteiger partial charge in [0.15, 0.2) is 0 Å². The summed E-state index contributed by atoms with van der Waals surface area (Å²) in [5.74, 6) is 0.00912. The van der Waals surface area contributed by atoms with Crippen LogP contribution in [0, 0.1) is 5.41 Å². The van der Waals surface area contributed by atoms with Crippen LogP contribution in [0.1, 0.15) is 41.5 Å². The van der Waals surface area contributed by atoms with Crippen molar-refractivity contribution < 1.29 is 14.3 Å². The third-order valence-electron chi connectivity index (χ3n) is 5.20. The van der Waals surface area contributed by atoms with Crippen LogP contribution in [0.15, 0.2) is 18.2 Å². The molecule has 0 aliphatic carbocycles. The lowest BCUT2D eigenvalue weighted by molar-refractivity contribution is -0.142. The van der Waals surface area contributed by atoms with Gasteiger partial charge in [-0.2, -0.15) is 0 Å². The molecule has 6 nitrogen and oxygen atoms in total. The van der Waals surface area contributed by atoms with Crippen molar-refractivity contribution in [3.63, 3.8) is 0 Å². The fraction of sp³-hybridized carbons (Fsp3) is 0.619. The number of ether oxygens (including phenoxy) is 1. The highest BCUT2D eigenvalue weighted by Gasteiger charge is 2.39. The number of piperazine rings is 1. The first kappa shape index (κ1) is 23.6. The Hall–Kier alpha value is -1.66. The zero-order chi connectivity index (χ0) is 22.0. The predicted molar refractivity (Wildman–Crippen MR) is 118 cm³/mol. The molecule has 1 aliphatic rings. The Balaban J connectivity index is 1.96. The van der Waals surface area contributed by atoms with E-state index in [4.69, 9.17) is 27.9 Å². The van der Waals surface area contributed by atoms with E-state index in [2.05, 4.69) is 10.2 Å². The summed E-state index contributed by atoms with van der Waals surface area (Å²) in [4.78, 5) is 29.3. The highest BCUT2D eigenvalue weighted by Crippen LogP contribution is 2.29. The van der Waals surface area contributed by atoms with Crippen LogP contribution in [0.3, 0.4) is 0 Å². The normalized spacial score (nSPS) is 16.4. The van der Waals surface area contributed by atoms with E-state index in [0.29, 0.717) is 36.2 Å². The number of nitrogens with one attached hydrogen (secondary N) is 1. The number of hydrogen-bond acceptors (Lipinski definition) is 4. The molecule has 162 valence electrons. The minimum absolute atomic E-state index is 0.00912. The minimum atomic E-state index is -0.761. The molecule has 29 heavy (non-hydrogen) atoms. The fourth-order valence-corrected chi connectivity index (χ4v) is 3.40. The third-order valence-corrected chi connectivity index (χ3v) is 5.94. The lowest BCUT2D eigenvalue weighted by atomic mass is 9.83. The number of halogens is 2. The van der Waals surface area contributed by atoms with Crippen LogP contribution in [0.5, 0.6) is 0 Å². The van der Waals surface area contributed by atoms with Gasteiger partial charge in [-0.1, -0.05) is 23.2 Å². The number of anilines is 1. The molecule has 1 aromatic rings. The van der Waals surface area contributed by atoms with Crippen LogP contribution >= 0.6 is 23.2 Å². The minimum Gasteiger partial charge on any atom is -0.444 e. The van der Waals surface area contributed by atoms with E-state index in [1.165, 1.54) is 0 Å². The van der Waals surface area contributed by atoms with Crippen LogP contribution < -0.4 is 10.2 Å². The third kappa shape index (κ3) is 6.16. The number of benzene rings is 1. The van der Waals surface area contributed by atoms with E-state index in [1.807, 2.05) is 37.8 Å². The van der Waals surface area contributed by atoms with Gasteiger partial charge in [-0.15, -0.1) is 0 Å². The lowest BCUT2D eigenvalue weighted by Crippen LogP contribution is -2.57. The second-order valence-corrected chi connectivity index (χ2v) is 9.78. The zero-order valence-electron chi connectivity index (χ0n) is 18.0. The molecule has 0 spiro atoms. The molecule has 1 aliphatic heterocycles. The van der Waals surface area contributed by atoms with E-state index in [9.17, 15) is 9.59 Å². The standard InChI is InChI=1S/C21H31Cl2N3O3/c1-14(24-19(28)29-20(2,3)4)21(5,6)18(27)26-11-9-25(10-12-26)15-7-8-16(22)17(23)13-15/h7-8,13-14H,9-12H2,1-6H3,(H,24,28). The highest BCUT2D eigenvalue weighted by atomic mass is 35.5. The lowest BCUT2D eigenvalue weighted by Gasteiger charge is -2.41. The van der Waals surface area contributed by atoms with Crippen molar-refractivity contribution >= 4 is 40.9 Å². The average Bonchev–Trinajstić information content (AvgIpc) is 2.61. The summed E-state index contributed by atoms with van der Waals surface area (Å²) in [5.41, 5.74) is -0.354. The van der Waals surface area contributed by atoms with Crippen LogP contribution in [0.4, 0.5) is 10.5 Å². The Morgan fingerprint density at radius 1 is 1.03 bits per heavy atom. The summed E-state index contributed by atoms with van der Waals surface area (Å²) in [6, 6.07) is 5.18. The van der Waals surface area contributed by atoms with Crippen LogP contribution in [0.25, 0.3) is 0 Å². The monoisotopic (exact) mass is 443 g/mol. The number of rotatable bonds is 4. The summed E-state index contributed by atoms with van der Waals surface area (Å²) in [5, 5.41) is 3.84. The Morgan fingerprint density at radius 3 is 2.14 bits per heavy atom. The molecule has 2 rings (SSSR count).